The molecule has 1 fully saturated rings. The molecular formula is C25H24N6O2. The van der Waals surface area contributed by atoms with Crippen LogP contribution in [0.2, 0.25) is 0 Å². The summed E-state index contributed by atoms with van der Waals surface area (Å²) in [5.41, 5.74) is 3.32. The molecule has 5 rings (SSSR count). The van der Waals surface area contributed by atoms with Crippen molar-refractivity contribution in [1.82, 2.24) is 19.9 Å². The van der Waals surface area contributed by atoms with Crippen LogP contribution in [0.4, 0.5) is 11.6 Å². The first kappa shape index (κ1) is 20.7. The zero-order chi connectivity index (χ0) is 22.8. The monoisotopic (exact) mass is 440 g/mol. The highest BCUT2D eigenvalue weighted by Crippen LogP contribution is 2.29. The quantitative estimate of drug-likeness (QED) is 0.507. The molecule has 8 heteroatoms. The van der Waals surface area contributed by atoms with E-state index in [1.165, 1.54) is 0 Å². The number of para-hydroxylation sites is 1. The smallest absolute Gasteiger partial charge is 0.272 e. The zero-order valence-electron chi connectivity index (χ0n) is 18.3. The lowest BCUT2D eigenvalue weighted by Gasteiger charge is -2.34. The first-order valence-corrected chi connectivity index (χ1v) is 10.9. The summed E-state index contributed by atoms with van der Waals surface area (Å²) in [5, 5.41) is 3.78. The maximum absolute atomic E-state index is 13.5. The highest BCUT2D eigenvalue weighted by atomic mass is 16.2. The fourth-order valence-corrected chi connectivity index (χ4v) is 4.05. The van der Waals surface area contributed by atoms with E-state index < -0.39 is 0 Å². The Hall–Kier alpha value is -4.20. The van der Waals surface area contributed by atoms with Gasteiger partial charge in [0.1, 0.15) is 5.69 Å². The molecule has 2 N–H and O–H groups in total. The summed E-state index contributed by atoms with van der Waals surface area (Å²) in [5.74, 6) is 0.278. The molecule has 1 aliphatic heterocycles. The molecule has 2 aromatic heterocycles. The van der Waals surface area contributed by atoms with Gasteiger partial charge in [-0.05, 0) is 31.2 Å². The molecule has 166 valence electrons. The molecular weight excluding hydrogens is 416 g/mol. The highest BCUT2D eigenvalue weighted by Gasteiger charge is 2.28. The summed E-state index contributed by atoms with van der Waals surface area (Å²) >= 11 is 0. The van der Waals surface area contributed by atoms with E-state index in [0.717, 1.165) is 16.5 Å². The lowest BCUT2D eigenvalue weighted by atomic mass is 10.1. The van der Waals surface area contributed by atoms with Crippen molar-refractivity contribution in [2.75, 3.05) is 36.4 Å². The number of rotatable bonds is 4. The molecule has 0 saturated carbocycles. The number of hydrogen-bond acceptors (Lipinski definition) is 5. The van der Waals surface area contributed by atoms with Crippen LogP contribution in [-0.4, -0.2) is 57.8 Å². The second-order valence-electron chi connectivity index (χ2n) is 8.07. The van der Waals surface area contributed by atoms with Crippen LogP contribution in [-0.2, 0) is 0 Å². The maximum atomic E-state index is 13.5. The Bertz CT molecular complexity index is 1290. The number of carbonyl (C=O) groups is 2. The third kappa shape index (κ3) is 4.15. The van der Waals surface area contributed by atoms with E-state index in [2.05, 4.69) is 25.2 Å². The van der Waals surface area contributed by atoms with Crippen LogP contribution < -0.4 is 10.2 Å². The number of carbonyl (C=O) groups excluding carboxylic acids is 2. The zero-order valence-corrected chi connectivity index (χ0v) is 18.3. The fraction of sp³-hybridized carbons (Fsp3) is 0.200. The number of H-pyrrole nitrogens is 1. The van der Waals surface area contributed by atoms with Crippen LogP contribution in [0.3, 0.4) is 0 Å². The molecule has 3 heterocycles. The molecule has 0 aliphatic carbocycles. The van der Waals surface area contributed by atoms with Gasteiger partial charge in [-0.15, -0.1) is 0 Å². The molecule has 0 unspecified atom stereocenters. The van der Waals surface area contributed by atoms with E-state index in [-0.39, 0.29) is 11.8 Å². The number of piperazine rings is 1. The van der Waals surface area contributed by atoms with Crippen LogP contribution in [0.15, 0.2) is 67.0 Å². The number of aromatic nitrogens is 3. The van der Waals surface area contributed by atoms with Crippen molar-refractivity contribution < 1.29 is 9.59 Å². The minimum atomic E-state index is -0.250. The second-order valence-corrected chi connectivity index (χ2v) is 8.07. The standard InChI is InChI=1S/C25H24N6O2/c1-17-7-9-18(10-8-17)23(32)29-21-19-5-2-3-6-20(19)28-22(21)24(33)30-13-15-31(16-14-30)25-26-11-4-12-27-25/h2-12,28H,13-16H2,1H3,(H,29,32). The van der Waals surface area contributed by atoms with Crippen molar-refractivity contribution in [3.63, 3.8) is 0 Å². The number of amides is 2. The summed E-state index contributed by atoms with van der Waals surface area (Å²) in [7, 11) is 0. The number of nitrogens with zero attached hydrogens (tertiary/aromatic N) is 4. The first-order valence-electron chi connectivity index (χ1n) is 10.9. The van der Waals surface area contributed by atoms with E-state index in [9.17, 15) is 9.59 Å². The van der Waals surface area contributed by atoms with Crippen molar-refractivity contribution in [3.8, 4) is 0 Å². The van der Waals surface area contributed by atoms with Crippen LogP contribution in [0, 0.1) is 6.92 Å². The molecule has 33 heavy (non-hydrogen) atoms. The van der Waals surface area contributed by atoms with Crippen molar-refractivity contribution in [1.29, 1.82) is 0 Å². The largest absolute Gasteiger partial charge is 0.349 e. The Balaban J connectivity index is 1.39. The fourth-order valence-electron chi connectivity index (χ4n) is 4.05. The summed E-state index contributed by atoms with van der Waals surface area (Å²) in [6.45, 7) is 4.33. The third-order valence-corrected chi connectivity index (χ3v) is 5.87. The van der Waals surface area contributed by atoms with Crippen LogP contribution >= 0.6 is 0 Å². The Morgan fingerprint density at radius 3 is 2.33 bits per heavy atom. The van der Waals surface area contributed by atoms with Crippen molar-refractivity contribution >= 4 is 34.4 Å². The van der Waals surface area contributed by atoms with Gasteiger partial charge in [0.05, 0.1) is 5.69 Å². The van der Waals surface area contributed by atoms with Gasteiger partial charge in [-0.25, -0.2) is 9.97 Å². The topological polar surface area (TPSA) is 94.2 Å². The average Bonchev–Trinajstić information content (AvgIpc) is 3.23. The van der Waals surface area contributed by atoms with E-state index in [1.54, 1.807) is 35.5 Å². The van der Waals surface area contributed by atoms with Gasteiger partial charge in [0.25, 0.3) is 11.8 Å². The lowest BCUT2D eigenvalue weighted by Crippen LogP contribution is -2.49. The number of anilines is 2. The van der Waals surface area contributed by atoms with Gasteiger partial charge in [0, 0.05) is 55.0 Å². The molecule has 0 bridgehead atoms. The molecule has 2 amide bonds. The van der Waals surface area contributed by atoms with E-state index in [0.29, 0.717) is 49.1 Å². The third-order valence-electron chi connectivity index (χ3n) is 5.87. The Kier molecular flexibility index (Phi) is 5.48. The van der Waals surface area contributed by atoms with Gasteiger partial charge in [-0.3, -0.25) is 9.59 Å². The van der Waals surface area contributed by atoms with Crippen molar-refractivity contribution in [2.45, 2.75) is 6.92 Å². The normalized spacial score (nSPS) is 13.8. The molecule has 0 radical (unpaired) electrons. The second kappa shape index (κ2) is 8.74. The number of aryl methyl sites for hydroxylation is 1. The predicted octanol–water partition coefficient (Wildman–Crippen LogP) is 3.48. The first-order chi connectivity index (χ1) is 16.1. The number of benzene rings is 2. The van der Waals surface area contributed by atoms with Gasteiger partial charge in [0.15, 0.2) is 0 Å². The van der Waals surface area contributed by atoms with Crippen molar-refractivity contribution in [3.05, 3.63) is 83.8 Å². The maximum Gasteiger partial charge on any atom is 0.272 e. The molecule has 0 atom stereocenters. The summed E-state index contributed by atoms with van der Waals surface area (Å²) in [6.07, 6.45) is 3.43. The van der Waals surface area contributed by atoms with Crippen LogP contribution in [0.5, 0.6) is 0 Å². The Morgan fingerprint density at radius 1 is 0.909 bits per heavy atom. The van der Waals surface area contributed by atoms with Gasteiger partial charge >= 0.3 is 0 Å². The molecule has 4 aromatic rings. The lowest BCUT2D eigenvalue weighted by molar-refractivity contribution is 0.0742. The van der Waals surface area contributed by atoms with Crippen molar-refractivity contribution in [2.24, 2.45) is 0 Å². The molecule has 8 nitrogen and oxygen atoms in total. The van der Waals surface area contributed by atoms with Gasteiger partial charge in [0.2, 0.25) is 5.95 Å². The van der Waals surface area contributed by atoms with Gasteiger partial charge in [-0.1, -0.05) is 35.9 Å². The summed E-state index contributed by atoms with van der Waals surface area (Å²) in [4.78, 5) is 42.1. The van der Waals surface area contributed by atoms with Gasteiger partial charge in [-0.2, -0.15) is 0 Å². The van der Waals surface area contributed by atoms with E-state index in [1.807, 2.05) is 43.3 Å². The molecule has 0 spiro atoms. The predicted molar refractivity (Wildman–Crippen MR) is 128 cm³/mol. The van der Waals surface area contributed by atoms with E-state index in [4.69, 9.17) is 0 Å². The van der Waals surface area contributed by atoms with Gasteiger partial charge < -0.3 is 20.1 Å². The summed E-state index contributed by atoms with van der Waals surface area (Å²) in [6, 6.07) is 16.7. The number of aromatic amines is 1. The Morgan fingerprint density at radius 2 is 1.61 bits per heavy atom. The molecule has 2 aromatic carbocycles. The van der Waals surface area contributed by atoms with E-state index >= 15 is 0 Å². The number of hydrogen-bond donors (Lipinski definition) is 2. The number of nitrogens with one attached hydrogen (secondary N) is 2. The SMILES string of the molecule is Cc1ccc(C(=O)Nc2c(C(=O)N3CCN(c4ncccn4)CC3)[nH]c3ccccc23)cc1. The van der Waals surface area contributed by atoms with Crippen LogP contribution in [0.1, 0.15) is 26.4 Å². The summed E-state index contributed by atoms with van der Waals surface area (Å²) < 4.78 is 0. The molecule has 1 aliphatic rings. The Labute approximate surface area is 191 Å². The highest BCUT2D eigenvalue weighted by molar-refractivity contribution is 6.15. The minimum Gasteiger partial charge on any atom is -0.349 e. The molecule has 1 saturated heterocycles. The number of fused-ring (bicyclic) bond motifs is 1. The van der Waals surface area contributed by atoms with Crippen LogP contribution in [0.25, 0.3) is 10.9 Å². The minimum absolute atomic E-state index is 0.140. The average molecular weight is 441 g/mol.